The van der Waals surface area contributed by atoms with Gasteiger partial charge in [-0.15, -0.1) is 0 Å². The van der Waals surface area contributed by atoms with E-state index in [9.17, 15) is 9.50 Å². The third-order valence-electron chi connectivity index (χ3n) is 2.13. The molecule has 0 saturated heterocycles. The van der Waals surface area contributed by atoms with Gasteiger partial charge in [-0.2, -0.15) is 5.26 Å². The average molecular weight is 229 g/mol. The van der Waals surface area contributed by atoms with Crippen molar-refractivity contribution in [1.82, 2.24) is 0 Å². The molecule has 0 aliphatic heterocycles. The molecule has 3 nitrogen and oxygen atoms in total. The lowest BCUT2D eigenvalue weighted by atomic mass is 10.2. The highest BCUT2D eigenvalue weighted by molar-refractivity contribution is 5.46. The molecule has 84 valence electrons. The Balaban J connectivity index is 2.37. The van der Waals surface area contributed by atoms with Crippen molar-refractivity contribution < 1.29 is 14.2 Å². The Morgan fingerprint density at radius 1 is 1.18 bits per heavy atom. The number of phenolic OH excluding ortho intramolecular Hbond substituents is 1. The zero-order valence-electron chi connectivity index (χ0n) is 8.72. The van der Waals surface area contributed by atoms with Gasteiger partial charge in [-0.3, -0.25) is 0 Å². The van der Waals surface area contributed by atoms with Crippen LogP contribution in [0.25, 0.3) is 0 Å². The summed E-state index contributed by atoms with van der Waals surface area (Å²) in [4.78, 5) is 0. The lowest BCUT2D eigenvalue weighted by molar-refractivity contribution is 0.452. The van der Waals surface area contributed by atoms with Gasteiger partial charge in [0.05, 0.1) is 0 Å². The first-order valence-corrected chi connectivity index (χ1v) is 4.86. The molecule has 17 heavy (non-hydrogen) atoms. The third kappa shape index (κ3) is 2.34. The van der Waals surface area contributed by atoms with Crippen molar-refractivity contribution >= 4 is 0 Å². The summed E-state index contributed by atoms with van der Waals surface area (Å²) in [6.07, 6.45) is 0. The minimum absolute atomic E-state index is 0.0393. The summed E-state index contributed by atoms with van der Waals surface area (Å²) < 4.78 is 18.6. The van der Waals surface area contributed by atoms with E-state index in [1.54, 1.807) is 18.2 Å². The number of nitrogens with zero attached hydrogens (tertiary/aromatic N) is 1. The van der Waals surface area contributed by atoms with Crippen LogP contribution in [-0.2, 0) is 0 Å². The Bertz CT molecular complexity index is 590. The van der Waals surface area contributed by atoms with Gasteiger partial charge in [0.1, 0.15) is 34.7 Å². The van der Waals surface area contributed by atoms with Gasteiger partial charge in [0, 0.05) is 6.07 Å². The molecule has 2 aromatic rings. The number of halogens is 1. The highest BCUT2D eigenvalue weighted by Crippen LogP contribution is 2.28. The molecule has 0 atom stereocenters. The van der Waals surface area contributed by atoms with Crippen molar-refractivity contribution in [2.45, 2.75) is 0 Å². The predicted molar refractivity (Wildman–Crippen MR) is 59.3 cm³/mol. The number of benzene rings is 2. The lowest BCUT2D eigenvalue weighted by Crippen LogP contribution is -1.91. The minimum Gasteiger partial charge on any atom is -0.508 e. The van der Waals surface area contributed by atoms with Crippen LogP contribution in [0.15, 0.2) is 42.5 Å². The molecule has 0 heterocycles. The quantitative estimate of drug-likeness (QED) is 0.860. The molecule has 0 radical (unpaired) electrons. The van der Waals surface area contributed by atoms with Gasteiger partial charge in [-0.1, -0.05) is 12.1 Å². The second-order valence-corrected chi connectivity index (χ2v) is 3.32. The van der Waals surface area contributed by atoms with Crippen LogP contribution >= 0.6 is 0 Å². The normalized spacial score (nSPS) is 9.65. The van der Waals surface area contributed by atoms with E-state index in [4.69, 9.17) is 10.00 Å². The molecule has 2 aromatic carbocycles. The second kappa shape index (κ2) is 4.54. The van der Waals surface area contributed by atoms with Gasteiger partial charge in [0.15, 0.2) is 0 Å². The Kier molecular flexibility index (Phi) is 2.93. The maximum absolute atomic E-state index is 13.3. The topological polar surface area (TPSA) is 53.2 Å². The van der Waals surface area contributed by atoms with Crippen molar-refractivity contribution in [3.8, 4) is 23.3 Å². The number of aromatic hydroxyl groups is 1. The number of phenols is 1. The Hall–Kier alpha value is -2.54. The van der Waals surface area contributed by atoms with E-state index in [1.165, 1.54) is 30.3 Å². The van der Waals surface area contributed by atoms with E-state index in [0.717, 1.165) is 0 Å². The first kappa shape index (κ1) is 11.0. The summed E-state index contributed by atoms with van der Waals surface area (Å²) in [5, 5.41) is 18.1. The molecule has 0 amide bonds. The van der Waals surface area contributed by atoms with Crippen molar-refractivity contribution in [2.24, 2.45) is 0 Å². The van der Waals surface area contributed by atoms with Crippen LogP contribution in [0.5, 0.6) is 17.2 Å². The van der Waals surface area contributed by atoms with Crippen LogP contribution in [0.2, 0.25) is 0 Å². The molecule has 1 N–H and O–H groups in total. The molecule has 4 heteroatoms. The molecular weight excluding hydrogens is 221 g/mol. The largest absolute Gasteiger partial charge is 0.508 e. The van der Waals surface area contributed by atoms with Crippen LogP contribution in [0.1, 0.15) is 5.56 Å². The minimum atomic E-state index is -0.634. The molecule has 0 aliphatic rings. The fourth-order valence-corrected chi connectivity index (χ4v) is 1.37. The van der Waals surface area contributed by atoms with Gasteiger partial charge >= 0.3 is 0 Å². The molecule has 0 unspecified atom stereocenters. The molecule has 2 rings (SSSR count). The maximum Gasteiger partial charge on any atom is 0.148 e. The number of nitriles is 1. The van der Waals surface area contributed by atoms with Crippen LogP contribution in [0.3, 0.4) is 0 Å². The number of ether oxygens (including phenoxy) is 1. The Morgan fingerprint density at radius 2 is 1.94 bits per heavy atom. The van der Waals surface area contributed by atoms with Crippen molar-refractivity contribution in [3.05, 3.63) is 53.8 Å². The summed E-state index contributed by atoms with van der Waals surface area (Å²) in [6, 6.07) is 11.9. The van der Waals surface area contributed by atoms with Crippen LogP contribution in [0.4, 0.5) is 4.39 Å². The monoisotopic (exact) mass is 229 g/mol. The standard InChI is InChI=1S/C13H8FNO2/c14-12-5-2-6-13(11(12)8-15)17-10-4-1-3-9(16)7-10/h1-7,16H. The number of rotatable bonds is 2. The first-order valence-electron chi connectivity index (χ1n) is 4.86. The fraction of sp³-hybridized carbons (Fsp3) is 0. The van der Waals surface area contributed by atoms with Crippen LogP contribution in [-0.4, -0.2) is 5.11 Å². The lowest BCUT2D eigenvalue weighted by Gasteiger charge is -2.07. The SMILES string of the molecule is N#Cc1c(F)cccc1Oc1cccc(O)c1. The highest BCUT2D eigenvalue weighted by Gasteiger charge is 2.09. The summed E-state index contributed by atoms with van der Waals surface area (Å²) in [5.41, 5.74) is -0.157. The van der Waals surface area contributed by atoms with Gasteiger partial charge in [0.25, 0.3) is 0 Å². The molecule has 0 spiro atoms. The molecule has 0 fully saturated rings. The first-order chi connectivity index (χ1) is 8.20. The summed E-state index contributed by atoms with van der Waals surface area (Å²) in [5.74, 6) is -0.132. The number of hydrogen-bond acceptors (Lipinski definition) is 3. The van der Waals surface area contributed by atoms with Crippen molar-refractivity contribution in [2.75, 3.05) is 0 Å². The summed E-state index contributed by atoms with van der Waals surface area (Å²) in [6.45, 7) is 0. The smallest absolute Gasteiger partial charge is 0.148 e. The van der Waals surface area contributed by atoms with E-state index in [-0.39, 0.29) is 17.1 Å². The predicted octanol–water partition coefficient (Wildman–Crippen LogP) is 3.20. The highest BCUT2D eigenvalue weighted by atomic mass is 19.1. The molecule has 0 saturated carbocycles. The van der Waals surface area contributed by atoms with Gasteiger partial charge < -0.3 is 9.84 Å². The van der Waals surface area contributed by atoms with Gasteiger partial charge in [-0.25, -0.2) is 4.39 Å². The fourth-order valence-electron chi connectivity index (χ4n) is 1.37. The zero-order valence-corrected chi connectivity index (χ0v) is 8.72. The zero-order chi connectivity index (χ0) is 12.3. The summed E-state index contributed by atoms with van der Waals surface area (Å²) >= 11 is 0. The third-order valence-corrected chi connectivity index (χ3v) is 2.13. The van der Waals surface area contributed by atoms with Gasteiger partial charge in [-0.05, 0) is 24.3 Å². The molecule has 0 aliphatic carbocycles. The summed E-state index contributed by atoms with van der Waals surface area (Å²) in [7, 11) is 0. The van der Waals surface area contributed by atoms with Gasteiger partial charge in [0.2, 0.25) is 0 Å². The van der Waals surface area contributed by atoms with Crippen LogP contribution < -0.4 is 4.74 Å². The Labute approximate surface area is 97.3 Å². The number of hydrogen-bond donors (Lipinski definition) is 1. The van der Waals surface area contributed by atoms with E-state index in [2.05, 4.69) is 0 Å². The van der Waals surface area contributed by atoms with Crippen molar-refractivity contribution in [1.29, 1.82) is 5.26 Å². The average Bonchev–Trinajstić information content (AvgIpc) is 2.29. The van der Waals surface area contributed by atoms with E-state index in [0.29, 0.717) is 5.75 Å². The van der Waals surface area contributed by atoms with E-state index in [1.807, 2.05) is 0 Å². The van der Waals surface area contributed by atoms with Crippen LogP contribution in [0, 0.1) is 17.1 Å². The second-order valence-electron chi connectivity index (χ2n) is 3.32. The van der Waals surface area contributed by atoms with E-state index < -0.39 is 5.82 Å². The molecule has 0 aromatic heterocycles. The maximum atomic E-state index is 13.3. The van der Waals surface area contributed by atoms with E-state index >= 15 is 0 Å². The molecular formula is C13H8FNO2. The molecule has 0 bridgehead atoms. The van der Waals surface area contributed by atoms with Crippen molar-refractivity contribution in [3.63, 3.8) is 0 Å². The Morgan fingerprint density at radius 3 is 2.65 bits per heavy atom.